The first-order valence-electron chi connectivity index (χ1n) is 9.66. The van der Waals surface area contributed by atoms with Crippen molar-refractivity contribution in [1.82, 2.24) is 9.80 Å². The average molecular weight is 346 g/mol. The van der Waals surface area contributed by atoms with Crippen LogP contribution in [0, 0.1) is 11.8 Å². The third kappa shape index (κ3) is 3.91. The summed E-state index contributed by atoms with van der Waals surface area (Å²) in [6.45, 7) is 7.92. The second-order valence-electron chi connectivity index (χ2n) is 7.68. The number of furan rings is 1. The monoisotopic (exact) mass is 346 g/mol. The first-order chi connectivity index (χ1) is 12.0. The second-order valence-corrected chi connectivity index (χ2v) is 7.68. The Kier molecular flexibility index (Phi) is 5.50. The van der Waals surface area contributed by atoms with E-state index in [1.165, 1.54) is 12.5 Å². The van der Waals surface area contributed by atoms with E-state index >= 15 is 0 Å². The largest absolute Gasteiger partial charge is 0.472 e. The van der Waals surface area contributed by atoms with Crippen LogP contribution in [0.2, 0.25) is 0 Å². The van der Waals surface area contributed by atoms with Gasteiger partial charge in [0.2, 0.25) is 5.91 Å². The number of piperidine rings is 1. The first-order valence-corrected chi connectivity index (χ1v) is 9.66. The molecule has 1 saturated carbocycles. The average Bonchev–Trinajstić information content (AvgIpc) is 3.32. The predicted octanol–water partition coefficient (Wildman–Crippen LogP) is 3.56. The lowest BCUT2D eigenvalue weighted by atomic mass is 9.92. The lowest BCUT2D eigenvalue weighted by Gasteiger charge is -2.38. The van der Waals surface area contributed by atoms with Crippen molar-refractivity contribution in [2.45, 2.75) is 65.0 Å². The van der Waals surface area contributed by atoms with Crippen LogP contribution < -0.4 is 0 Å². The summed E-state index contributed by atoms with van der Waals surface area (Å²) < 4.78 is 5.00. The summed E-state index contributed by atoms with van der Waals surface area (Å²) in [5.41, 5.74) is 0.592. The van der Waals surface area contributed by atoms with Gasteiger partial charge >= 0.3 is 0 Å². The summed E-state index contributed by atoms with van der Waals surface area (Å²) in [5, 5.41) is 0. The Morgan fingerprint density at radius 2 is 1.92 bits per heavy atom. The predicted molar refractivity (Wildman–Crippen MR) is 96.1 cm³/mol. The smallest absolute Gasteiger partial charge is 0.257 e. The van der Waals surface area contributed by atoms with Crippen molar-refractivity contribution < 1.29 is 14.0 Å². The topological polar surface area (TPSA) is 53.8 Å². The summed E-state index contributed by atoms with van der Waals surface area (Å²) in [4.78, 5) is 29.6. The minimum absolute atomic E-state index is 0.00618. The number of carbonyl (C=O) groups excluding carboxylic acids is 2. The van der Waals surface area contributed by atoms with E-state index in [1.54, 1.807) is 6.07 Å². The molecule has 5 heteroatoms. The summed E-state index contributed by atoms with van der Waals surface area (Å²) >= 11 is 0. The van der Waals surface area contributed by atoms with Gasteiger partial charge in [0, 0.05) is 31.1 Å². The van der Waals surface area contributed by atoms with Gasteiger partial charge in [0.15, 0.2) is 0 Å². The van der Waals surface area contributed by atoms with Crippen LogP contribution in [0.25, 0.3) is 0 Å². The van der Waals surface area contributed by atoms with Crippen LogP contribution in [-0.4, -0.2) is 46.8 Å². The minimum Gasteiger partial charge on any atom is -0.472 e. The lowest BCUT2D eigenvalue weighted by molar-refractivity contribution is -0.140. The van der Waals surface area contributed by atoms with E-state index in [0.29, 0.717) is 42.6 Å². The Morgan fingerprint density at radius 1 is 1.24 bits per heavy atom. The molecular formula is C20H30N2O3. The van der Waals surface area contributed by atoms with Crippen LogP contribution in [-0.2, 0) is 4.79 Å². The third-order valence-electron chi connectivity index (χ3n) is 6.00. The molecule has 25 heavy (non-hydrogen) atoms. The molecule has 5 nitrogen and oxygen atoms in total. The molecule has 0 radical (unpaired) electrons. The van der Waals surface area contributed by atoms with E-state index in [4.69, 9.17) is 4.42 Å². The Morgan fingerprint density at radius 3 is 2.44 bits per heavy atom. The van der Waals surface area contributed by atoms with Gasteiger partial charge in [0.05, 0.1) is 11.8 Å². The van der Waals surface area contributed by atoms with Gasteiger partial charge in [-0.15, -0.1) is 0 Å². The Bertz CT molecular complexity index is 586. The second kappa shape index (κ2) is 7.63. The molecule has 1 saturated heterocycles. The van der Waals surface area contributed by atoms with Crippen LogP contribution in [0.1, 0.15) is 63.2 Å². The van der Waals surface area contributed by atoms with E-state index in [1.807, 2.05) is 4.90 Å². The molecule has 138 valence electrons. The molecule has 0 N–H and O–H groups in total. The maximum absolute atomic E-state index is 13.2. The molecule has 3 rings (SSSR count). The zero-order chi connectivity index (χ0) is 18.0. The van der Waals surface area contributed by atoms with Crippen molar-refractivity contribution in [2.75, 3.05) is 13.1 Å². The molecule has 2 aliphatic rings. The van der Waals surface area contributed by atoms with E-state index < -0.39 is 0 Å². The number of rotatable bonds is 6. The molecule has 2 fully saturated rings. The van der Waals surface area contributed by atoms with Crippen LogP contribution in [0.5, 0.6) is 0 Å². The fraction of sp³-hybridized carbons (Fsp3) is 0.700. The highest BCUT2D eigenvalue weighted by atomic mass is 16.3. The molecule has 1 aromatic heterocycles. The van der Waals surface area contributed by atoms with Gasteiger partial charge in [-0.1, -0.05) is 20.3 Å². The van der Waals surface area contributed by atoms with Crippen LogP contribution in [0.3, 0.4) is 0 Å². The van der Waals surface area contributed by atoms with Crippen molar-refractivity contribution >= 4 is 11.8 Å². The van der Waals surface area contributed by atoms with Gasteiger partial charge < -0.3 is 14.2 Å². The zero-order valence-corrected chi connectivity index (χ0v) is 15.6. The van der Waals surface area contributed by atoms with E-state index in [0.717, 1.165) is 32.1 Å². The molecule has 1 aliphatic carbocycles. The minimum atomic E-state index is 0.00618. The van der Waals surface area contributed by atoms with E-state index in [2.05, 4.69) is 25.7 Å². The van der Waals surface area contributed by atoms with Crippen LogP contribution in [0.15, 0.2) is 23.0 Å². The maximum atomic E-state index is 13.2. The Labute approximate surface area is 150 Å². The van der Waals surface area contributed by atoms with Crippen LogP contribution in [0.4, 0.5) is 0 Å². The maximum Gasteiger partial charge on any atom is 0.257 e. The van der Waals surface area contributed by atoms with Gasteiger partial charge in [-0.25, -0.2) is 0 Å². The zero-order valence-electron chi connectivity index (χ0n) is 15.6. The molecule has 0 bridgehead atoms. The molecule has 2 amide bonds. The normalized spacial score (nSPS) is 21.0. The standard InChI is InChI=1S/C20H30N2O3/c1-4-14(2)15(3)22(18-5-6-18)20(24)16-7-10-21(11-8-16)19(23)17-9-12-25-13-17/h9,12-16,18H,4-8,10-11H2,1-3H3/t14-,15+/m1/s1. The van der Waals surface area contributed by atoms with E-state index in [9.17, 15) is 9.59 Å². The highest BCUT2D eigenvalue weighted by Crippen LogP contribution is 2.34. The molecule has 1 aliphatic heterocycles. The number of likely N-dealkylation sites (tertiary alicyclic amines) is 1. The number of carbonyl (C=O) groups is 2. The van der Waals surface area contributed by atoms with Crippen LogP contribution >= 0.6 is 0 Å². The number of nitrogens with zero attached hydrogens (tertiary/aromatic N) is 2. The number of amides is 2. The number of hydrogen-bond acceptors (Lipinski definition) is 3. The Hall–Kier alpha value is -1.78. The van der Waals surface area contributed by atoms with Crippen molar-refractivity contribution in [3.63, 3.8) is 0 Å². The summed E-state index contributed by atoms with van der Waals surface area (Å²) in [6, 6.07) is 2.44. The fourth-order valence-electron chi connectivity index (χ4n) is 3.79. The van der Waals surface area contributed by atoms with E-state index in [-0.39, 0.29) is 11.8 Å². The first kappa shape index (κ1) is 18.0. The van der Waals surface area contributed by atoms with Gasteiger partial charge in [0.25, 0.3) is 5.91 Å². The summed E-state index contributed by atoms with van der Waals surface area (Å²) in [5.74, 6) is 0.894. The summed E-state index contributed by atoms with van der Waals surface area (Å²) in [6.07, 6.45) is 7.91. The molecule has 0 aromatic carbocycles. The molecular weight excluding hydrogens is 316 g/mol. The van der Waals surface area contributed by atoms with Crippen molar-refractivity contribution in [2.24, 2.45) is 11.8 Å². The van der Waals surface area contributed by atoms with Crippen molar-refractivity contribution in [3.8, 4) is 0 Å². The molecule has 2 atom stereocenters. The number of hydrogen-bond donors (Lipinski definition) is 0. The lowest BCUT2D eigenvalue weighted by Crippen LogP contribution is -2.49. The molecule has 1 aromatic rings. The highest BCUT2D eigenvalue weighted by Gasteiger charge is 2.40. The Balaban J connectivity index is 1.59. The van der Waals surface area contributed by atoms with Gasteiger partial charge in [-0.2, -0.15) is 0 Å². The van der Waals surface area contributed by atoms with Gasteiger partial charge in [0.1, 0.15) is 6.26 Å². The van der Waals surface area contributed by atoms with Crippen molar-refractivity contribution in [3.05, 3.63) is 24.2 Å². The SMILES string of the molecule is CC[C@@H](C)[C@H](C)N(C(=O)C1CCN(C(=O)c2ccoc2)CC1)C1CC1. The molecule has 0 spiro atoms. The molecule has 2 heterocycles. The van der Waals surface area contributed by atoms with Gasteiger partial charge in [-0.05, 0) is 44.6 Å². The summed E-state index contributed by atoms with van der Waals surface area (Å²) in [7, 11) is 0. The quantitative estimate of drug-likeness (QED) is 0.791. The molecule has 0 unspecified atom stereocenters. The van der Waals surface area contributed by atoms with Gasteiger partial charge in [-0.3, -0.25) is 9.59 Å². The highest BCUT2D eigenvalue weighted by molar-refractivity contribution is 5.94. The third-order valence-corrected chi connectivity index (χ3v) is 6.00. The van der Waals surface area contributed by atoms with Crippen molar-refractivity contribution in [1.29, 1.82) is 0 Å². The fourth-order valence-corrected chi connectivity index (χ4v) is 3.79.